The molecular weight excluding hydrogens is 190 g/mol. The summed E-state index contributed by atoms with van der Waals surface area (Å²) in [5, 5.41) is 5.93. The Labute approximate surface area is 89.3 Å². The van der Waals surface area contributed by atoms with Gasteiger partial charge in [0.2, 0.25) is 0 Å². The van der Waals surface area contributed by atoms with Gasteiger partial charge in [-0.1, -0.05) is 0 Å². The van der Waals surface area contributed by atoms with Crippen LogP contribution in [0.25, 0.3) is 0 Å². The number of rotatable bonds is 1. The van der Waals surface area contributed by atoms with Crippen molar-refractivity contribution in [3.05, 3.63) is 23.8 Å². The van der Waals surface area contributed by atoms with E-state index in [2.05, 4.69) is 15.5 Å². The zero-order valence-electron chi connectivity index (χ0n) is 9.00. The molecule has 4 nitrogen and oxygen atoms in total. The first-order valence-corrected chi connectivity index (χ1v) is 5.03. The Morgan fingerprint density at radius 2 is 2.33 bits per heavy atom. The Hall–Kier alpha value is -1.71. The highest BCUT2D eigenvalue weighted by Crippen LogP contribution is 2.28. The topological polar surface area (TPSA) is 44.4 Å². The predicted octanol–water partition coefficient (Wildman–Crippen LogP) is 0.908. The van der Waals surface area contributed by atoms with Gasteiger partial charge in [0.15, 0.2) is 0 Å². The second-order valence-electron chi connectivity index (χ2n) is 3.66. The van der Waals surface area contributed by atoms with Crippen LogP contribution in [0, 0.1) is 0 Å². The van der Waals surface area contributed by atoms with E-state index < -0.39 is 0 Å². The molecule has 0 fully saturated rings. The SMILES string of the molecule is CNC(=O)c1ccc2c(c1)N(C)CCN2. The molecule has 15 heavy (non-hydrogen) atoms. The Morgan fingerprint density at radius 3 is 3.07 bits per heavy atom. The third-order valence-electron chi connectivity index (χ3n) is 2.66. The number of nitrogens with zero attached hydrogens (tertiary/aromatic N) is 1. The number of nitrogens with one attached hydrogen (secondary N) is 2. The highest BCUT2D eigenvalue weighted by atomic mass is 16.1. The van der Waals surface area contributed by atoms with Crippen LogP contribution in [0.3, 0.4) is 0 Å². The lowest BCUT2D eigenvalue weighted by molar-refractivity contribution is 0.0963. The van der Waals surface area contributed by atoms with Crippen LogP contribution in [0.15, 0.2) is 18.2 Å². The van der Waals surface area contributed by atoms with Crippen LogP contribution < -0.4 is 15.5 Å². The molecule has 1 amide bonds. The highest BCUT2D eigenvalue weighted by molar-refractivity contribution is 5.96. The van der Waals surface area contributed by atoms with Gasteiger partial charge in [-0.25, -0.2) is 0 Å². The number of anilines is 2. The van der Waals surface area contributed by atoms with Crippen molar-refractivity contribution in [1.29, 1.82) is 0 Å². The predicted molar refractivity (Wildman–Crippen MR) is 61.6 cm³/mol. The molecule has 2 N–H and O–H groups in total. The van der Waals surface area contributed by atoms with Gasteiger partial charge in [-0.3, -0.25) is 4.79 Å². The maximum absolute atomic E-state index is 11.5. The van der Waals surface area contributed by atoms with Crippen molar-refractivity contribution in [2.45, 2.75) is 0 Å². The lowest BCUT2D eigenvalue weighted by Gasteiger charge is -2.28. The Morgan fingerprint density at radius 1 is 1.53 bits per heavy atom. The van der Waals surface area contributed by atoms with Gasteiger partial charge < -0.3 is 15.5 Å². The van der Waals surface area contributed by atoms with Crippen LogP contribution in [-0.4, -0.2) is 33.1 Å². The summed E-state index contributed by atoms with van der Waals surface area (Å²) in [6.07, 6.45) is 0. The molecule has 0 bridgehead atoms. The van der Waals surface area contributed by atoms with E-state index in [1.54, 1.807) is 7.05 Å². The summed E-state index contributed by atoms with van der Waals surface area (Å²) in [5.41, 5.74) is 2.88. The average molecular weight is 205 g/mol. The van der Waals surface area contributed by atoms with E-state index in [9.17, 15) is 4.79 Å². The molecule has 0 radical (unpaired) electrons. The zero-order valence-corrected chi connectivity index (χ0v) is 9.00. The van der Waals surface area contributed by atoms with Gasteiger partial charge in [-0.05, 0) is 18.2 Å². The maximum atomic E-state index is 11.5. The monoisotopic (exact) mass is 205 g/mol. The van der Waals surface area contributed by atoms with E-state index >= 15 is 0 Å². The van der Waals surface area contributed by atoms with E-state index in [1.807, 2.05) is 25.2 Å². The van der Waals surface area contributed by atoms with Gasteiger partial charge in [0.05, 0.1) is 11.4 Å². The summed E-state index contributed by atoms with van der Waals surface area (Å²) in [5.74, 6) is -0.0447. The fraction of sp³-hybridized carbons (Fsp3) is 0.364. The minimum atomic E-state index is -0.0447. The lowest BCUT2D eigenvalue weighted by Crippen LogP contribution is -2.30. The normalized spacial score (nSPS) is 14.1. The van der Waals surface area contributed by atoms with Crippen molar-refractivity contribution < 1.29 is 4.79 Å². The van der Waals surface area contributed by atoms with E-state index in [0.29, 0.717) is 5.56 Å². The fourth-order valence-corrected chi connectivity index (χ4v) is 1.76. The third kappa shape index (κ3) is 1.75. The summed E-state index contributed by atoms with van der Waals surface area (Å²) < 4.78 is 0. The molecule has 80 valence electrons. The van der Waals surface area contributed by atoms with Crippen LogP contribution in [0.5, 0.6) is 0 Å². The van der Waals surface area contributed by atoms with E-state index in [1.165, 1.54) is 0 Å². The molecule has 0 aromatic heterocycles. The van der Waals surface area contributed by atoms with Crippen LogP contribution in [-0.2, 0) is 0 Å². The second kappa shape index (κ2) is 3.81. The average Bonchev–Trinajstić information content (AvgIpc) is 2.28. The molecule has 0 aliphatic carbocycles. The molecule has 2 rings (SSSR count). The fourth-order valence-electron chi connectivity index (χ4n) is 1.76. The van der Waals surface area contributed by atoms with Crippen molar-refractivity contribution in [3.63, 3.8) is 0 Å². The Balaban J connectivity index is 2.39. The Bertz CT molecular complexity index is 389. The molecule has 4 heteroatoms. The van der Waals surface area contributed by atoms with Crippen LogP contribution in [0.4, 0.5) is 11.4 Å². The molecule has 1 aromatic carbocycles. The molecule has 0 atom stereocenters. The number of carbonyl (C=O) groups is 1. The molecular formula is C11H15N3O. The van der Waals surface area contributed by atoms with Crippen molar-refractivity contribution >= 4 is 17.3 Å². The first-order chi connectivity index (χ1) is 7.22. The van der Waals surface area contributed by atoms with Crippen molar-refractivity contribution in [1.82, 2.24) is 5.32 Å². The minimum absolute atomic E-state index is 0.0447. The van der Waals surface area contributed by atoms with Gasteiger partial charge in [0.25, 0.3) is 5.91 Å². The van der Waals surface area contributed by atoms with Crippen LogP contribution in [0.1, 0.15) is 10.4 Å². The number of hydrogen-bond donors (Lipinski definition) is 2. The van der Waals surface area contributed by atoms with Crippen LogP contribution >= 0.6 is 0 Å². The third-order valence-corrected chi connectivity index (χ3v) is 2.66. The first-order valence-electron chi connectivity index (χ1n) is 5.03. The van der Waals surface area contributed by atoms with E-state index in [4.69, 9.17) is 0 Å². The molecule has 0 spiro atoms. The number of carbonyl (C=O) groups excluding carboxylic acids is 1. The quantitative estimate of drug-likeness (QED) is 0.716. The largest absolute Gasteiger partial charge is 0.382 e. The summed E-state index contributed by atoms with van der Waals surface area (Å²) in [6.45, 7) is 1.91. The van der Waals surface area contributed by atoms with Crippen molar-refractivity contribution in [3.8, 4) is 0 Å². The number of fused-ring (bicyclic) bond motifs is 1. The first kappa shape index (κ1) is 9.83. The number of hydrogen-bond acceptors (Lipinski definition) is 3. The van der Waals surface area contributed by atoms with Gasteiger partial charge in [-0.2, -0.15) is 0 Å². The number of benzene rings is 1. The van der Waals surface area contributed by atoms with Crippen molar-refractivity contribution in [2.75, 3.05) is 37.4 Å². The second-order valence-corrected chi connectivity index (χ2v) is 3.66. The molecule has 1 heterocycles. The number of likely N-dealkylation sites (N-methyl/N-ethyl adjacent to an activating group) is 1. The minimum Gasteiger partial charge on any atom is -0.382 e. The standard InChI is InChI=1S/C11H15N3O/c1-12-11(15)8-3-4-9-10(7-8)14(2)6-5-13-9/h3-4,7,13H,5-6H2,1-2H3,(H,12,15). The van der Waals surface area contributed by atoms with Crippen LogP contribution in [0.2, 0.25) is 0 Å². The van der Waals surface area contributed by atoms with E-state index in [-0.39, 0.29) is 5.91 Å². The zero-order chi connectivity index (χ0) is 10.8. The molecule has 1 aromatic rings. The summed E-state index contributed by atoms with van der Waals surface area (Å²) in [4.78, 5) is 13.6. The van der Waals surface area contributed by atoms with Crippen molar-refractivity contribution in [2.24, 2.45) is 0 Å². The molecule has 0 saturated heterocycles. The van der Waals surface area contributed by atoms with E-state index in [0.717, 1.165) is 24.5 Å². The highest BCUT2D eigenvalue weighted by Gasteiger charge is 2.14. The summed E-state index contributed by atoms with van der Waals surface area (Å²) in [6, 6.07) is 5.71. The maximum Gasteiger partial charge on any atom is 0.251 e. The smallest absolute Gasteiger partial charge is 0.251 e. The number of amides is 1. The molecule has 1 aliphatic heterocycles. The molecule has 0 unspecified atom stereocenters. The molecule has 0 saturated carbocycles. The van der Waals surface area contributed by atoms with Gasteiger partial charge in [0, 0.05) is 32.7 Å². The molecule has 1 aliphatic rings. The van der Waals surface area contributed by atoms with Gasteiger partial charge in [0.1, 0.15) is 0 Å². The van der Waals surface area contributed by atoms with Gasteiger partial charge >= 0.3 is 0 Å². The Kier molecular flexibility index (Phi) is 2.49. The summed E-state index contributed by atoms with van der Waals surface area (Å²) in [7, 11) is 3.68. The van der Waals surface area contributed by atoms with Gasteiger partial charge in [-0.15, -0.1) is 0 Å². The summed E-state index contributed by atoms with van der Waals surface area (Å²) >= 11 is 0. The lowest BCUT2D eigenvalue weighted by atomic mass is 10.1.